The van der Waals surface area contributed by atoms with Gasteiger partial charge < -0.3 is 15.4 Å². The van der Waals surface area contributed by atoms with E-state index in [1.807, 2.05) is 30.3 Å². The molecule has 0 radical (unpaired) electrons. The molecule has 1 fully saturated rings. The Hall–Kier alpha value is -3.94. The maximum absolute atomic E-state index is 11.4. The maximum atomic E-state index is 11.4. The minimum Gasteiger partial charge on any atom is -0.474 e. The molecule has 1 aliphatic rings. The summed E-state index contributed by atoms with van der Waals surface area (Å²) >= 11 is 0. The molecule has 162 valence electrons. The number of carbonyl (C=O) groups excluding carboxylic acids is 1. The van der Waals surface area contributed by atoms with Crippen LogP contribution in [-0.4, -0.2) is 44.8 Å². The number of carbonyl (C=O) groups is 1. The maximum Gasteiger partial charge on any atom is 0.248 e. The van der Waals surface area contributed by atoms with E-state index in [2.05, 4.69) is 44.2 Å². The molecule has 1 aliphatic heterocycles. The van der Waals surface area contributed by atoms with Crippen molar-refractivity contribution < 1.29 is 9.53 Å². The van der Waals surface area contributed by atoms with Crippen molar-refractivity contribution >= 4 is 22.5 Å². The second-order valence-corrected chi connectivity index (χ2v) is 8.06. The second kappa shape index (κ2) is 8.30. The highest BCUT2D eigenvalue weighted by Crippen LogP contribution is 2.28. The van der Waals surface area contributed by atoms with Gasteiger partial charge in [0.25, 0.3) is 0 Å². The normalized spacial score (nSPS) is 14.6. The van der Waals surface area contributed by atoms with Crippen molar-refractivity contribution in [1.29, 1.82) is 0 Å². The number of fused-ring (bicyclic) bond motifs is 1. The number of pyridine rings is 2. The third-order valence-corrected chi connectivity index (χ3v) is 5.82. The van der Waals surface area contributed by atoms with Crippen molar-refractivity contribution in [3.63, 3.8) is 0 Å². The molecule has 8 nitrogen and oxygen atoms in total. The molecule has 0 aliphatic carbocycles. The third kappa shape index (κ3) is 4.12. The van der Waals surface area contributed by atoms with Gasteiger partial charge in [0.1, 0.15) is 11.9 Å². The summed E-state index contributed by atoms with van der Waals surface area (Å²) in [6.45, 7) is 1.67. The van der Waals surface area contributed by atoms with Crippen LogP contribution in [0.1, 0.15) is 23.2 Å². The van der Waals surface area contributed by atoms with Gasteiger partial charge in [0.2, 0.25) is 11.8 Å². The van der Waals surface area contributed by atoms with Crippen LogP contribution in [0.25, 0.3) is 21.9 Å². The molecule has 0 unspecified atom stereocenters. The first-order valence-corrected chi connectivity index (χ1v) is 10.6. The fourth-order valence-electron chi connectivity index (χ4n) is 4.05. The average Bonchev–Trinajstić information content (AvgIpc) is 3.25. The zero-order valence-electron chi connectivity index (χ0n) is 17.8. The zero-order valence-corrected chi connectivity index (χ0v) is 17.8. The Morgan fingerprint density at radius 2 is 1.88 bits per heavy atom. The van der Waals surface area contributed by atoms with Gasteiger partial charge in [-0.2, -0.15) is 5.10 Å². The molecule has 4 aromatic rings. The predicted octanol–water partition coefficient (Wildman–Crippen LogP) is 3.18. The number of primary amides is 1. The summed E-state index contributed by atoms with van der Waals surface area (Å²) in [5.74, 6) is 0.917. The van der Waals surface area contributed by atoms with Gasteiger partial charge in [0.15, 0.2) is 0 Å². The summed E-state index contributed by atoms with van der Waals surface area (Å²) in [5, 5.41) is 6.54. The molecular formula is C24H24N6O2. The number of aromatic nitrogens is 4. The smallest absolute Gasteiger partial charge is 0.248 e. The van der Waals surface area contributed by atoms with Crippen LogP contribution in [-0.2, 0) is 7.05 Å². The predicted molar refractivity (Wildman–Crippen MR) is 123 cm³/mol. The molecular weight excluding hydrogens is 404 g/mol. The summed E-state index contributed by atoms with van der Waals surface area (Å²) < 4.78 is 7.80. The van der Waals surface area contributed by atoms with Gasteiger partial charge in [0.05, 0.1) is 6.20 Å². The largest absolute Gasteiger partial charge is 0.474 e. The van der Waals surface area contributed by atoms with Crippen LogP contribution in [0, 0.1) is 0 Å². The highest BCUT2D eigenvalue weighted by molar-refractivity contribution is 5.93. The Labute approximate surface area is 185 Å². The van der Waals surface area contributed by atoms with E-state index in [0.29, 0.717) is 11.4 Å². The third-order valence-electron chi connectivity index (χ3n) is 5.82. The van der Waals surface area contributed by atoms with E-state index in [-0.39, 0.29) is 6.10 Å². The first-order valence-electron chi connectivity index (χ1n) is 10.6. The van der Waals surface area contributed by atoms with Crippen molar-refractivity contribution in [2.45, 2.75) is 18.9 Å². The number of aryl methyl sites for hydroxylation is 1. The van der Waals surface area contributed by atoms with Gasteiger partial charge in [-0.05, 0) is 29.1 Å². The van der Waals surface area contributed by atoms with E-state index >= 15 is 0 Å². The van der Waals surface area contributed by atoms with Gasteiger partial charge >= 0.3 is 0 Å². The molecule has 1 amide bonds. The van der Waals surface area contributed by atoms with Crippen LogP contribution >= 0.6 is 0 Å². The van der Waals surface area contributed by atoms with E-state index in [0.717, 1.165) is 53.6 Å². The minimum atomic E-state index is -0.485. The molecule has 4 heterocycles. The van der Waals surface area contributed by atoms with Gasteiger partial charge in [0, 0.05) is 74.1 Å². The number of hydrogen-bond donors (Lipinski definition) is 1. The molecule has 0 atom stereocenters. The van der Waals surface area contributed by atoms with Crippen molar-refractivity contribution in [2.75, 3.05) is 18.0 Å². The van der Waals surface area contributed by atoms with Crippen LogP contribution in [0.2, 0.25) is 0 Å². The van der Waals surface area contributed by atoms with Crippen molar-refractivity contribution in [2.24, 2.45) is 12.8 Å². The molecule has 8 heteroatoms. The summed E-state index contributed by atoms with van der Waals surface area (Å²) in [5.41, 5.74) is 7.98. The molecule has 0 saturated carbocycles. The van der Waals surface area contributed by atoms with Crippen LogP contribution in [0.3, 0.4) is 0 Å². The number of benzene rings is 1. The lowest BCUT2D eigenvalue weighted by Gasteiger charge is -2.32. The lowest BCUT2D eigenvalue weighted by molar-refractivity contribution is 0.0998. The van der Waals surface area contributed by atoms with Gasteiger partial charge in [-0.15, -0.1) is 0 Å². The second-order valence-electron chi connectivity index (χ2n) is 8.06. The molecule has 1 saturated heterocycles. The van der Waals surface area contributed by atoms with E-state index in [1.54, 1.807) is 18.3 Å². The van der Waals surface area contributed by atoms with E-state index in [1.165, 1.54) is 0 Å². The van der Waals surface area contributed by atoms with Gasteiger partial charge in [-0.1, -0.05) is 12.1 Å². The number of nitrogens with two attached hydrogens (primary N) is 1. The first kappa shape index (κ1) is 20.0. The number of anilines is 1. The Balaban J connectivity index is 1.28. The van der Waals surface area contributed by atoms with E-state index in [4.69, 9.17) is 10.5 Å². The number of nitrogens with zero attached hydrogens (tertiary/aromatic N) is 5. The lowest BCUT2D eigenvalue weighted by Crippen LogP contribution is -2.38. The summed E-state index contributed by atoms with van der Waals surface area (Å²) in [4.78, 5) is 22.5. The summed E-state index contributed by atoms with van der Waals surface area (Å²) in [7, 11) is 1.92. The highest BCUT2D eigenvalue weighted by atomic mass is 16.5. The Morgan fingerprint density at radius 1 is 1.03 bits per heavy atom. The fraction of sp³-hybridized carbons (Fsp3) is 0.250. The number of piperidine rings is 1. The highest BCUT2D eigenvalue weighted by Gasteiger charge is 2.22. The Morgan fingerprint density at radius 3 is 2.62 bits per heavy atom. The standard InChI is InChI=1S/C24H24N6O2/c1-29-15-20(14-28-29)16-2-3-18-13-27-22(11-19(18)10-16)30-8-5-21(6-9-30)32-23-12-17(24(25)31)4-7-26-23/h2-4,7,10-15,21H,5-6,8-9H2,1H3,(H2,25,31). The lowest BCUT2D eigenvalue weighted by atomic mass is 10.0. The van der Waals surface area contributed by atoms with Crippen LogP contribution in [0.4, 0.5) is 5.82 Å². The molecule has 0 bridgehead atoms. The van der Waals surface area contributed by atoms with Crippen LogP contribution in [0.5, 0.6) is 5.88 Å². The van der Waals surface area contributed by atoms with Crippen molar-refractivity contribution in [1.82, 2.24) is 19.7 Å². The monoisotopic (exact) mass is 428 g/mol. The molecule has 3 aromatic heterocycles. The molecule has 1 aromatic carbocycles. The van der Waals surface area contributed by atoms with E-state index in [9.17, 15) is 4.79 Å². The molecule has 32 heavy (non-hydrogen) atoms. The average molecular weight is 428 g/mol. The minimum absolute atomic E-state index is 0.0412. The quantitative estimate of drug-likeness (QED) is 0.524. The summed E-state index contributed by atoms with van der Waals surface area (Å²) in [6.07, 6.45) is 9.10. The molecule has 0 spiro atoms. The zero-order chi connectivity index (χ0) is 22.1. The van der Waals surface area contributed by atoms with E-state index < -0.39 is 5.91 Å². The van der Waals surface area contributed by atoms with Crippen LogP contribution < -0.4 is 15.4 Å². The topological polar surface area (TPSA) is 99.2 Å². The Bertz CT molecular complexity index is 1280. The Kier molecular flexibility index (Phi) is 5.18. The molecule has 2 N–H and O–H groups in total. The fourth-order valence-corrected chi connectivity index (χ4v) is 4.05. The number of hydrogen-bond acceptors (Lipinski definition) is 6. The SMILES string of the molecule is Cn1cc(-c2ccc3cnc(N4CCC(Oc5cc(C(N)=O)ccn5)CC4)cc3c2)cn1. The first-order chi connectivity index (χ1) is 15.5. The number of amides is 1. The number of rotatable bonds is 5. The van der Waals surface area contributed by atoms with Crippen molar-refractivity contribution in [3.05, 3.63) is 66.7 Å². The van der Waals surface area contributed by atoms with Gasteiger partial charge in [-0.25, -0.2) is 9.97 Å². The molecule has 5 rings (SSSR count). The summed E-state index contributed by atoms with van der Waals surface area (Å²) in [6, 6.07) is 11.7. The number of ether oxygens (including phenoxy) is 1. The van der Waals surface area contributed by atoms with Crippen molar-refractivity contribution in [3.8, 4) is 17.0 Å². The van der Waals surface area contributed by atoms with Crippen LogP contribution in [0.15, 0.2) is 61.2 Å². The van der Waals surface area contributed by atoms with Gasteiger partial charge in [-0.3, -0.25) is 9.48 Å².